The average Bonchev–Trinajstić information content (AvgIpc) is 2.08. The third kappa shape index (κ3) is 1.41. The van der Waals surface area contributed by atoms with Gasteiger partial charge in [-0.1, -0.05) is 11.6 Å². The molecule has 1 aromatic carbocycles. The number of hydrogen-bond acceptors (Lipinski definition) is 3. The molecule has 3 nitrogen and oxygen atoms in total. The van der Waals surface area contributed by atoms with Gasteiger partial charge in [-0.05, 0) is 12.1 Å². The summed E-state index contributed by atoms with van der Waals surface area (Å²) in [5, 5.41) is 9.69. The van der Waals surface area contributed by atoms with Gasteiger partial charge in [-0.15, -0.1) is 0 Å². The van der Waals surface area contributed by atoms with Crippen molar-refractivity contribution in [3.8, 4) is 17.2 Å². The summed E-state index contributed by atoms with van der Waals surface area (Å²) in [4.78, 5) is 0. The molecular weight excluding hydrogens is 180 g/mol. The quantitative estimate of drug-likeness (QED) is 0.772. The van der Waals surface area contributed by atoms with Crippen LogP contribution in [0.15, 0.2) is 12.1 Å². The SMILES string of the molecule is COc1c(O)ccc(Cl)c1OC. The predicted octanol–water partition coefficient (Wildman–Crippen LogP) is 2.06. The van der Waals surface area contributed by atoms with Gasteiger partial charge in [-0.25, -0.2) is 0 Å². The Bertz CT molecular complexity index is 257. The van der Waals surface area contributed by atoms with Crippen LogP contribution < -0.4 is 9.47 Å². The van der Waals surface area contributed by atoms with E-state index in [4.69, 9.17) is 21.1 Å². The van der Waals surface area contributed by atoms with Crippen molar-refractivity contribution < 1.29 is 14.6 Å². The third-order valence-electron chi connectivity index (χ3n) is 1.45. The van der Waals surface area contributed by atoms with E-state index in [1.807, 2.05) is 0 Å². The highest BCUT2D eigenvalue weighted by Gasteiger charge is 2.12. The molecule has 0 saturated heterocycles. The lowest BCUT2D eigenvalue weighted by molar-refractivity contribution is 0.333. The summed E-state index contributed by atoms with van der Waals surface area (Å²) >= 11 is 5.76. The third-order valence-corrected chi connectivity index (χ3v) is 1.75. The van der Waals surface area contributed by atoms with Gasteiger partial charge in [0.25, 0.3) is 0 Å². The first-order chi connectivity index (χ1) is 5.70. The molecule has 0 aromatic heterocycles. The van der Waals surface area contributed by atoms with E-state index in [-0.39, 0.29) is 11.5 Å². The second-order valence-corrected chi connectivity index (χ2v) is 2.54. The molecule has 1 rings (SSSR count). The molecule has 0 heterocycles. The molecule has 0 saturated carbocycles. The molecule has 0 aliphatic heterocycles. The molecule has 0 spiro atoms. The number of aromatic hydroxyl groups is 1. The normalized spacial score (nSPS) is 9.58. The highest BCUT2D eigenvalue weighted by molar-refractivity contribution is 6.32. The van der Waals surface area contributed by atoms with Crippen molar-refractivity contribution in [2.75, 3.05) is 14.2 Å². The molecular formula is C8H9ClO3. The maximum absolute atomic E-state index is 9.28. The van der Waals surface area contributed by atoms with E-state index in [9.17, 15) is 5.11 Å². The van der Waals surface area contributed by atoms with Crippen LogP contribution in [-0.2, 0) is 0 Å². The van der Waals surface area contributed by atoms with Crippen LogP contribution in [0.1, 0.15) is 0 Å². The molecule has 0 amide bonds. The summed E-state index contributed by atoms with van der Waals surface area (Å²) in [6, 6.07) is 2.99. The fraction of sp³-hybridized carbons (Fsp3) is 0.250. The van der Waals surface area contributed by atoms with Crippen LogP contribution in [0.2, 0.25) is 5.02 Å². The molecule has 66 valence electrons. The van der Waals surface area contributed by atoms with Gasteiger partial charge in [0.15, 0.2) is 11.5 Å². The average molecular weight is 189 g/mol. The Hall–Kier alpha value is -1.09. The Morgan fingerprint density at radius 2 is 1.75 bits per heavy atom. The molecule has 4 heteroatoms. The number of halogens is 1. The Kier molecular flexibility index (Phi) is 2.65. The predicted molar refractivity (Wildman–Crippen MR) is 46.2 cm³/mol. The van der Waals surface area contributed by atoms with Crippen molar-refractivity contribution in [2.45, 2.75) is 0 Å². The van der Waals surface area contributed by atoms with Crippen molar-refractivity contribution in [2.24, 2.45) is 0 Å². The largest absolute Gasteiger partial charge is 0.504 e. The Morgan fingerprint density at radius 3 is 2.17 bits per heavy atom. The van der Waals surface area contributed by atoms with Gasteiger partial charge < -0.3 is 14.6 Å². The first-order valence-corrected chi connectivity index (χ1v) is 3.68. The van der Waals surface area contributed by atoms with Crippen LogP contribution >= 0.6 is 11.6 Å². The highest BCUT2D eigenvalue weighted by atomic mass is 35.5. The lowest BCUT2D eigenvalue weighted by atomic mass is 10.3. The molecule has 0 aliphatic carbocycles. The second kappa shape index (κ2) is 3.54. The van der Waals surface area contributed by atoms with Crippen LogP contribution in [0.5, 0.6) is 17.2 Å². The monoisotopic (exact) mass is 188 g/mol. The van der Waals surface area contributed by atoms with E-state index >= 15 is 0 Å². The molecule has 0 unspecified atom stereocenters. The fourth-order valence-electron chi connectivity index (χ4n) is 0.916. The van der Waals surface area contributed by atoms with Crippen molar-refractivity contribution in [3.05, 3.63) is 17.2 Å². The van der Waals surface area contributed by atoms with E-state index in [0.717, 1.165) is 0 Å². The van der Waals surface area contributed by atoms with Gasteiger partial charge in [0.2, 0.25) is 5.75 Å². The van der Waals surface area contributed by atoms with E-state index < -0.39 is 0 Å². The zero-order valence-corrected chi connectivity index (χ0v) is 7.55. The number of ether oxygens (including phenoxy) is 2. The van der Waals surface area contributed by atoms with E-state index in [0.29, 0.717) is 10.8 Å². The van der Waals surface area contributed by atoms with E-state index in [2.05, 4.69) is 0 Å². The minimum atomic E-state index is 0.0127. The van der Waals surface area contributed by atoms with Gasteiger partial charge in [-0.3, -0.25) is 0 Å². The molecule has 12 heavy (non-hydrogen) atoms. The van der Waals surface area contributed by atoms with Crippen molar-refractivity contribution in [1.82, 2.24) is 0 Å². The molecule has 0 bridgehead atoms. The summed E-state index contributed by atoms with van der Waals surface area (Å²) in [6.45, 7) is 0. The Morgan fingerprint density at radius 1 is 1.17 bits per heavy atom. The van der Waals surface area contributed by atoms with Crippen molar-refractivity contribution in [3.63, 3.8) is 0 Å². The number of hydrogen-bond donors (Lipinski definition) is 1. The minimum absolute atomic E-state index is 0.0127. The smallest absolute Gasteiger partial charge is 0.204 e. The van der Waals surface area contributed by atoms with Crippen LogP contribution in [0.4, 0.5) is 0 Å². The van der Waals surface area contributed by atoms with Gasteiger partial charge in [0, 0.05) is 0 Å². The molecule has 0 atom stereocenters. The van der Waals surface area contributed by atoms with Crippen LogP contribution in [0, 0.1) is 0 Å². The van der Waals surface area contributed by atoms with Crippen LogP contribution in [-0.4, -0.2) is 19.3 Å². The highest BCUT2D eigenvalue weighted by Crippen LogP contribution is 2.41. The number of phenols is 1. The van der Waals surface area contributed by atoms with E-state index in [1.165, 1.54) is 26.4 Å². The second-order valence-electron chi connectivity index (χ2n) is 2.13. The summed E-state index contributed by atoms with van der Waals surface area (Å²) in [7, 11) is 2.90. The minimum Gasteiger partial charge on any atom is -0.504 e. The maximum Gasteiger partial charge on any atom is 0.204 e. The van der Waals surface area contributed by atoms with Gasteiger partial charge in [-0.2, -0.15) is 0 Å². The van der Waals surface area contributed by atoms with Crippen LogP contribution in [0.25, 0.3) is 0 Å². The standard InChI is InChI=1S/C8H9ClO3/c1-11-7-5(9)3-4-6(10)8(7)12-2/h3-4,10H,1-2H3. The zero-order valence-electron chi connectivity index (χ0n) is 6.80. The molecule has 0 fully saturated rings. The summed E-state index contributed by atoms with van der Waals surface area (Å²) < 4.78 is 9.82. The Balaban J connectivity index is 3.28. The fourth-order valence-corrected chi connectivity index (χ4v) is 1.14. The first kappa shape index (κ1) is 9.00. The zero-order chi connectivity index (χ0) is 9.14. The number of methoxy groups -OCH3 is 2. The summed E-state index contributed by atoms with van der Waals surface area (Å²) in [5.41, 5.74) is 0. The van der Waals surface area contributed by atoms with Crippen LogP contribution in [0.3, 0.4) is 0 Å². The van der Waals surface area contributed by atoms with Gasteiger partial charge >= 0.3 is 0 Å². The number of phenolic OH excluding ortho intramolecular Hbond substituents is 1. The van der Waals surface area contributed by atoms with Crippen molar-refractivity contribution in [1.29, 1.82) is 0 Å². The first-order valence-electron chi connectivity index (χ1n) is 3.30. The van der Waals surface area contributed by atoms with E-state index in [1.54, 1.807) is 0 Å². The summed E-state index contributed by atoms with van der Waals surface area (Å²) in [6.07, 6.45) is 0. The molecule has 0 radical (unpaired) electrons. The Labute approximate surface area is 75.5 Å². The van der Waals surface area contributed by atoms with Gasteiger partial charge in [0.1, 0.15) is 0 Å². The molecule has 1 aromatic rings. The number of benzene rings is 1. The lowest BCUT2D eigenvalue weighted by Crippen LogP contribution is -1.91. The van der Waals surface area contributed by atoms with Crippen molar-refractivity contribution >= 4 is 11.6 Å². The topological polar surface area (TPSA) is 38.7 Å². The number of rotatable bonds is 2. The van der Waals surface area contributed by atoms with Gasteiger partial charge in [0.05, 0.1) is 19.2 Å². The summed E-state index contributed by atoms with van der Waals surface area (Å²) in [5.74, 6) is 0.614. The maximum atomic E-state index is 9.28. The molecule has 0 aliphatic rings. The lowest BCUT2D eigenvalue weighted by Gasteiger charge is -2.09. The molecule has 1 N–H and O–H groups in total.